The van der Waals surface area contributed by atoms with Crippen molar-refractivity contribution < 1.29 is 14.7 Å². The Morgan fingerprint density at radius 1 is 1.07 bits per heavy atom. The number of unbranched alkanes of at least 4 members (excludes halogenated alkanes) is 2. The number of ketones is 1. The van der Waals surface area contributed by atoms with Crippen molar-refractivity contribution in [2.24, 2.45) is 0 Å². The second kappa shape index (κ2) is 8.83. The minimum Gasteiger partial charge on any atom is -0.507 e. The summed E-state index contributed by atoms with van der Waals surface area (Å²) in [5, 5.41) is 11.7. The van der Waals surface area contributed by atoms with Gasteiger partial charge in [0.2, 0.25) is 0 Å². The predicted molar refractivity (Wildman–Crippen MR) is 116 cm³/mol. The quantitative estimate of drug-likeness (QED) is 0.292. The Hall–Kier alpha value is -2.59. The molecule has 0 aromatic heterocycles. The molecule has 1 amide bonds. The summed E-state index contributed by atoms with van der Waals surface area (Å²) >= 11 is 6.04. The van der Waals surface area contributed by atoms with Crippen LogP contribution in [-0.4, -0.2) is 28.2 Å². The normalized spacial score (nSPS) is 18.5. The van der Waals surface area contributed by atoms with E-state index in [0.717, 1.165) is 36.0 Å². The molecule has 1 fully saturated rings. The monoisotopic (exact) mass is 411 g/mol. The number of aryl methyl sites for hydroxylation is 2. The number of rotatable bonds is 6. The molecule has 2 aromatic carbocycles. The van der Waals surface area contributed by atoms with E-state index in [1.54, 1.807) is 17.0 Å². The Labute approximate surface area is 176 Å². The average Bonchev–Trinajstić information content (AvgIpc) is 2.95. The van der Waals surface area contributed by atoms with Gasteiger partial charge in [-0.1, -0.05) is 61.2 Å². The number of hydrogen-bond acceptors (Lipinski definition) is 3. The van der Waals surface area contributed by atoms with Crippen molar-refractivity contribution in [1.29, 1.82) is 0 Å². The van der Waals surface area contributed by atoms with E-state index in [4.69, 9.17) is 11.6 Å². The maximum atomic E-state index is 13.0. The van der Waals surface area contributed by atoms with Gasteiger partial charge in [0.25, 0.3) is 11.7 Å². The molecule has 4 nitrogen and oxygen atoms in total. The topological polar surface area (TPSA) is 57.6 Å². The maximum absolute atomic E-state index is 13.0. The van der Waals surface area contributed by atoms with E-state index in [-0.39, 0.29) is 11.3 Å². The largest absolute Gasteiger partial charge is 0.507 e. The molecule has 1 aliphatic rings. The zero-order valence-corrected chi connectivity index (χ0v) is 17.8. The molecule has 2 aromatic rings. The number of benzene rings is 2. The molecule has 0 aliphatic carbocycles. The third-order valence-corrected chi connectivity index (χ3v) is 5.63. The number of likely N-dealkylation sites (tertiary alicyclic amines) is 1. The van der Waals surface area contributed by atoms with Crippen LogP contribution in [0.25, 0.3) is 5.76 Å². The summed E-state index contributed by atoms with van der Waals surface area (Å²) in [6.45, 7) is 6.36. The van der Waals surface area contributed by atoms with E-state index in [1.165, 1.54) is 0 Å². The van der Waals surface area contributed by atoms with Gasteiger partial charge in [-0.2, -0.15) is 0 Å². The number of aliphatic hydroxyl groups is 1. The molecule has 152 valence electrons. The zero-order valence-electron chi connectivity index (χ0n) is 17.0. The molecule has 0 radical (unpaired) electrons. The van der Waals surface area contributed by atoms with Crippen LogP contribution in [0.15, 0.2) is 48.0 Å². The second-order valence-electron chi connectivity index (χ2n) is 7.57. The SMILES string of the molecule is CCCCCN1C(=O)C(=O)/C(=C(/O)c2cc(C)ccc2C)C1c1ccc(Cl)cc1. The van der Waals surface area contributed by atoms with Crippen molar-refractivity contribution in [2.75, 3.05) is 6.54 Å². The van der Waals surface area contributed by atoms with E-state index in [2.05, 4.69) is 6.92 Å². The van der Waals surface area contributed by atoms with Gasteiger partial charge in [-0.15, -0.1) is 0 Å². The number of amides is 1. The van der Waals surface area contributed by atoms with E-state index < -0.39 is 17.7 Å². The second-order valence-corrected chi connectivity index (χ2v) is 8.01. The van der Waals surface area contributed by atoms with Crippen molar-refractivity contribution in [2.45, 2.75) is 46.1 Å². The molecule has 1 unspecified atom stereocenters. The molecule has 1 saturated heterocycles. The molecular weight excluding hydrogens is 386 g/mol. The van der Waals surface area contributed by atoms with Crippen LogP contribution in [-0.2, 0) is 9.59 Å². The standard InChI is InChI=1S/C24H26ClNO3/c1-4-5-6-13-26-21(17-9-11-18(25)12-10-17)20(23(28)24(26)29)22(27)19-14-15(2)7-8-16(19)3/h7-12,14,21,27H,4-6,13H2,1-3H3/b22-20+. The van der Waals surface area contributed by atoms with Gasteiger partial charge in [-0.3, -0.25) is 9.59 Å². The molecule has 3 rings (SSSR count). The van der Waals surface area contributed by atoms with Crippen LogP contribution in [0.5, 0.6) is 0 Å². The molecule has 0 spiro atoms. The van der Waals surface area contributed by atoms with Crippen molar-refractivity contribution >= 4 is 29.1 Å². The fourth-order valence-corrected chi connectivity index (χ4v) is 3.90. The van der Waals surface area contributed by atoms with Crippen molar-refractivity contribution in [3.8, 4) is 0 Å². The lowest BCUT2D eigenvalue weighted by Gasteiger charge is -2.25. The first-order valence-corrected chi connectivity index (χ1v) is 10.3. The maximum Gasteiger partial charge on any atom is 0.295 e. The van der Waals surface area contributed by atoms with Crippen LogP contribution >= 0.6 is 11.6 Å². The Morgan fingerprint density at radius 3 is 2.41 bits per heavy atom. The first kappa shape index (κ1) is 21.1. The van der Waals surface area contributed by atoms with E-state index in [9.17, 15) is 14.7 Å². The Bertz CT molecular complexity index is 963. The number of Topliss-reactive ketones (excluding diaryl/α,β-unsaturated/α-hetero) is 1. The predicted octanol–water partition coefficient (Wildman–Crippen LogP) is 5.57. The summed E-state index contributed by atoms with van der Waals surface area (Å²) in [6, 6.07) is 12.2. The van der Waals surface area contributed by atoms with Crippen molar-refractivity contribution in [1.82, 2.24) is 4.90 Å². The minimum absolute atomic E-state index is 0.123. The lowest BCUT2D eigenvalue weighted by atomic mass is 9.93. The highest BCUT2D eigenvalue weighted by Crippen LogP contribution is 2.40. The van der Waals surface area contributed by atoms with E-state index in [1.807, 2.05) is 44.2 Å². The summed E-state index contributed by atoms with van der Waals surface area (Å²) in [5.41, 5.74) is 3.30. The molecular formula is C24H26ClNO3. The van der Waals surface area contributed by atoms with E-state index in [0.29, 0.717) is 17.1 Å². The lowest BCUT2D eigenvalue weighted by Crippen LogP contribution is -2.30. The molecule has 0 bridgehead atoms. The molecule has 1 N–H and O–H groups in total. The smallest absolute Gasteiger partial charge is 0.295 e. The van der Waals surface area contributed by atoms with Crippen LogP contribution in [0.2, 0.25) is 5.02 Å². The van der Waals surface area contributed by atoms with E-state index >= 15 is 0 Å². The molecule has 5 heteroatoms. The number of carbonyl (C=O) groups excluding carboxylic acids is 2. The number of hydrogen-bond donors (Lipinski definition) is 1. The third-order valence-electron chi connectivity index (χ3n) is 5.38. The van der Waals surface area contributed by atoms with Crippen LogP contribution in [0.4, 0.5) is 0 Å². The molecule has 1 heterocycles. The van der Waals surface area contributed by atoms with Crippen LogP contribution in [0, 0.1) is 13.8 Å². The van der Waals surface area contributed by atoms with Gasteiger partial charge < -0.3 is 10.0 Å². The fraction of sp³-hybridized carbons (Fsp3) is 0.333. The molecule has 0 saturated carbocycles. The molecule has 1 atom stereocenters. The summed E-state index contributed by atoms with van der Waals surface area (Å²) in [4.78, 5) is 27.4. The summed E-state index contributed by atoms with van der Waals surface area (Å²) in [5.74, 6) is -1.32. The van der Waals surface area contributed by atoms with Crippen molar-refractivity contribution in [3.05, 3.63) is 75.3 Å². The van der Waals surface area contributed by atoms with Crippen LogP contribution in [0.3, 0.4) is 0 Å². The number of halogens is 1. The highest BCUT2D eigenvalue weighted by Gasteiger charge is 2.45. The minimum atomic E-state index is -0.639. The average molecular weight is 412 g/mol. The Kier molecular flexibility index (Phi) is 6.43. The van der Waals surface area contributed by atoms with Gasteiger partial charge in [-0.05, 0) is 49.6 Å². The van der Waals surface area contributed by atoms with Crippen LogP contribution in [0.1, 0.15) is 54.5 Å². The number of aliphatic hydroxyl groups excluding tert-OH is 1. The van der Waals surface area contributed by atoms with Gasteiger partial charge in [0, 0.05) is 17.1 Å². The Balaban J connectivity index is 2.16. The summed E-state index contributed by atoms with van der Waals surface area (Å²) in [6.07, 6.45) is 2.78. The third kappa shape index (κ3) is 4.23. The molecule has 1 aliphatic heterocycles. The van der Waals surface area contributed by atoms with Gasteiger partial charge in [-0.25, -0.2) is 0 Å². The van der Waals surface area contributed by atoms with Gasteiger partial charge in [0.15, 0.2) is 0 Å². The summed E-state index contributed by atoms with van der Waals surface area (Å²) in [7, 11) is 0. The van der Waals surface area contributed by atoms with Gasteiger partial charge in [0.05, 0.1) is 11.6 Å². The zero-order chi connectivity index (χ0) is 21.1. The van der Waals surface area contributed by atoms with Gasteiger partial charge >= 0.3 is 0 Å². The highest BCUT2D eigenvalue weighted by atomic mass is 35.5. The van der Waals surface area contributed by atoms with Crippen LogP contribution < -0.4 is 0 Å². The summed E-state index contributed by atoms with van der Waals surface area (Å²) < 4.78 is 0. The first-order chi connectivity index (χ1) is 13.8. The first-order valence-electron chi connectivity index (χ1n) is 9.96. The Morgan fingerprint density at radius 2 is 1.76 bits per heavy atom. The number of carbonyl (C=O) groups is 2. The highest BCUT2D eigenvalue weighted by molar-refractivity contribution is 6.46. The fourth-order valence-electron chi connectivity index (χ4n) is 3.77. The molecule has 29 heavy (non-hydrogen) atoms. The van der Waals surface area contributed by atoms with Gasteiger partial charge in [0.1, 0.15) is 5.76 Å². The van der Waals surface area contributed by atoms with Crippen molar-refractivity contribution in [3.63, 3.8) is 0 Å². The number of nitrogens with zero attached hydrogens (tertiary/aromatic N) is 1. The lowest BCUT2D eigenvalue weighted by molar-refractivity contribution is -0.139.